The number of fused-ring (bicyclic) bond motifs is 4. The molecule has 2 N–H and O–H groups in total. The second kappa shape index (κ2) is 13.8. The molecule has 11 nitrogen and oxygen atoms in total. The van der Waals surface area contributed by atoms with Gasteiger partial charge < -0.3 is 19.7 Å². The molecule has 2 aliphatic heterocycles. The Morgan fingerprint density at radius 2 is 1.60 bits per heavy atom. The third-order valence-corrected chi connectivity index (χ3v) is 11.6. The number of carboxylic acids is 1. The lowest BCUT2D eigenvalue weighted by molar-refractivity contribution is -0.141. The van der Waals surface area contributed by atoms with E-state index in [2.05, 4.69) is 0 Å². The van der Waals surface area contributed by atoms with E-state index < -0.39 is 52.8 Å². The van der Waals surface area contributed by atoms with Gasteiger partial charge in [0.2, 0.25) is 23.6 Å². The highest BCUT2D eigenvalue weighted by molar-refractivity contribution is 6.32. The molecule has 6 atom stereocenters. The third-order valence-electron chi connectivity index (χ3n) is 11.3. The van der Waals surface area contributed by atoms with Gasteiger partial charge >= 0.3 is 5.97 Å². The van der Waals surface area contributed by atoms with Crippen molar-refractivity contribution in [1.29, 1.82) is 0 Å². The third kappa shape index (κ3) is 5.44. The number of carbonyl (C=O) groups excluding carboxylic acids is 4. The number of aromatic hydroxyl groups is 1. The number of methoxy groups -OCH3 is 2. The number of amides is 4. The molecule has 4 aliphatic rings. The lowest BCUT2D eigenvalue weighted by Gasteiger charge is -2.51. The number of aliphatic carboxylic acids is 1. The van der Waals surface area contributed by atoms with Crippen LogP contribution in [0.2, 0.25) is 5.02 Å². The number of nitrogens with zero attached hydrogens (tertiary/aromatic N) is 2. The molecule has 2 heterocycles. The number of phenolic OH excluding ortho intramolecular Hbond substituents is 1. The Morgan fingerprint density at radius 1 is 0.885 bits per heavy atom. The van der Waals surface area contributed by atoms with Crippen LogP contribution in [-0.2, 0) is 29.4 Å². The normalized spacial score (nSPS) is 26.5. The first-order chi connectivity index (χ1) is 25.0. The summed E-state index contributed by atoms with van der Waals surface area (Å²) in [6, 6.07) is 18.5. The number of ether oxygens (including phenoxy) is 2. The van der Waals surface area contributed by atoms with Crippen LogP contribution in [0.1, 0.15) is 55.6 Å². The first-order valence-corrected chi connectivity index (χ1v) is 17.8. The molecule has 52 heavy (non-hydrogen) atoms. The van der Waals surface area contributed by atoms with Gasteiger partial charge in [0.05, 0.1) is 43.1 Å². The minimum atomic E-state index is -1.55. The van der Waals surface area contributed by atoms with E-state index in [1.807, 2.05) is 36.4 Å². The topological polar surface area (TPSA) is 151 Å². The van der Waals surface area contributed by atoms with Crippen LogP contribution in [-0.4, -0.2) is 65.5 Å². The van der Waals surface area contributed by atoms with Crippen molar-refractivity contribution in [2.75, 3.05) is 25.7 Å². The SMILES string of the molecule is COc1cc(O)cc(OC)c1[C@H]1C2=CC[C@@H]3C(=O)N(CCCCCC(=O)O)C(=O)[C@@H]3[C@@H]2C[C@H]2C(=O)N(c3cccc(Cl)c3)C(=O)[C@@]12c1ccccc1. The minimum absolute atomic E-state index is 0.0115. The number of carboxylic acid groups (broad SMARTS) is 1. The number of imide groups is 2. The molecule has 12 heteroatoms. The van der Waals surface area contributed by atoms with Crippen LogP contribution in [0.5, 0.6) is 17.2 Å². The van der Waals surface area contributed by atoms with Crippen LogP contribution < -0.4 is 14.4 Å². The molecule has 0 radical (unpaired) electrons. The predicted octanol–water partition coefficient (Wildman–Crippen LogP) is 5.87. The molecule has 3 aromatic carbocycles. The Morgan fingerprint density at radius 3 is 2.25 bits per heavy atom. The fourth-order valence-corrected chi connectivity index (χ4v) is 9.46. The molecule has 270 valence electrons. The highest BCUT2D eigenvalue weighted by Gasteiger charge is 2.71. The standard InChI is InChI=1S/C40H39ClN2O9/c1-51-30-19-25(44)20-31(52-2)34(30)35-26-15-16-27-33(38(49)42(36(27)47)17-8-4-7-14-32(45)46)28(26)21-29-37(48)43(24-13-9-12-23(41)18-24)39(50)40(29,35)22-10-5-3-6-11-22/h3,5-6,9-13,15,18-20,27-29,33,35,44H,4,7-8,14,16-17,21H2,1-2H3,(H,45,46)/t27-,28+,29-,33-,35+,40+/m0/s1. The van der Waals surface area contributed by atoms with Crippen molar-refractivity contribution in [2.45, 2.75) is 49.9 Å². The Balaban J connectivity index is 1.42. The van der Waals surface area contributed by atoms with E-state index in [0.29, 0.717) is 41.1 Å². The van der Waals surface area contributed by atoms with E-state index in [1.54, 1.807) is 24.3 Å². The van der Waals surface area contributed by atoms with E-state index in [0.717, 1.165) is 5.57 Å². The monoisotopic (exact) mass is 726 g/mol. The molecule has 0 unspecified atom stereocenters. The van der Waals surface area contributed by atoms with E-state index >= 15 is 4.79 Å². The summed E-state index contributed by atoms with van der Waals surface area (Å²) in [5.41, 5.74) is 0.507. The molecule has 0 spiro atoms. The van der Waals surface area contributed by atoms with Gasteiger partial charge in [-0.25, -0.2) is 4.90 Å². The van der Waals surface area contributed by atoms with E-state index in [4.69, 9.17) is 26.2 Å². The first kappa shape index (κ1) is 35.3. The summed E-state index contributed by atoms with van der Waals surface area (Å²) in [7, 11) is 2.90. The number of carbonyl (C=O) groups is 5. The predicted molar refractivity (Wildman–Crippen MR) is 190 cm³/mol. The van der Waals surface area contributed by atoms with Crippen molar-refractivity contribution in [3.05, 3.63) is 94.5 Å². The summed E-state index contributed by atoms with van der Waals surface area (Å²) in [5, 5.41) is 20.1. The van der Waals surface area contributed by atoms with Gasteiger partial charge in [-0.15, -0.1) is 0 Å². The Hall–Kier alpha value is -5.16. The van der Waals surface area contributed by atoms with Crippen molar-refractivity contribution in [2.24, 2.45) is 23.7 Å². The summed E-state index contributed by atoms with van der Waals surface area (Å²) >= 11 is 6.40. The van der Waals surface area contributed by atoms with Crippen molar-refractivity contribution in [3.8, 4) is 17.2 Å². The summed E-state index contributed by atoms with van der Waals surface area (Å²) in [6.07, 6.45) is 3.78. The zero-order chi connectivity index (χ0) is 36.9. The van der Waals surface area contributed by atoms with Gasteiger partial charge in [0.1, 0.15) is 17.2 Å². The fraction of sp³-hybridized carbons (Fsp3) is 0.375. The number of rotatable bonds is 11. The lowest BCUT2D eigenvalue weighted by Crippen LogP contribution is -2.53. The summed E-state index contributed by atoms with van der Waals surface area (Å²) in [4.78, 5) is 72.1. The molecule has 0 aromatic heterocycles. The maximum Gasteiger partial charge on any atom is 0.303 e. The highest BCUT2D eigenvalue weighted by Crippen LogP contribution is 2.66. The maximum absolute atomic E-state index is 15.5. The molecule has 7 rings (SSSR count). The van der Waals surface area contributed by atoms with Crippen LogP contribution in [0, 0.1) is 23.7 Å². The van der Waals surface area contributed by atoms with Crippen molar-refractivity contribution in [3.63, 3.8) is 0 Å². The van der Waals surface area contributed by atoms with Crippen LogP contribution >= 0.6 is 11.6 Å². The number of allylic oxidation sites excluding steroid dienone is 2. The average molecular weight is 727 g/mol. The molecule has 2 aliphatic carbocycles. The number of hydrogen-bond donors (Lipinski definition) is 2. The lowest BCUT2D eigenvalue weighted by atomic mass is 9.49. The van der Waals surface area contributed by atoms with Gasteiger partial charge in [0.15, 0.2) is 0 Å². The van der Waals surface area contributed by atoms with Crippen LogP contribution in [0.15, 0.2) is 78.4 Å². The number of phenols is 1. The van der Waals surface area contributed by atoms with Gasteiger partial charge in [0.25, 0.3) is 0 Å². The Kier molecular flexibility index (Phi) is 9.33. The molecular formula is C40H39ClN2O9. The number of hydrogen-bond acceptors (Lipinski definition) is 8. The zero-order valence-corrected chi connectivity index (χ0v) is 29.5. The van der Waals surface area contributed by atoms with Crippen molar-refractivity contribution >= 4 is 46.9 Å². The van der Waals surface area contributed by atoms with Gasteiger partial charge in [-0.05, 0) is 55.4 Å². The number of likely N-dealkylation sites (tertiary alicyclic amines) is 1. The number of unbranched alkanes of at least 4 members (excludes halogenated alkanes) is 2. The smallest absolute Gasteiger partial charge is 0.303 e. The Bertz CT molecular complexity index is 1970. The Labute approximate surface area is 305 Å². The average Bonchev–Trinajstić information content (AvgIpc) is 3.51. The van der Waals surface area contributed by atoms with E-state index in [-0.39, 0.29) is 54.9 Å². The van der Waals surface area contributed by atoms with Gasteiger partial charge in [-0.2, -0.15) is 0 Å². The van der Waals surface area contributed by atoms with Crippen LogP contribution in [0.25, 0.3) is 0 Å². The molecule has 2 saturated heterocycles. The zero-order valence-electron chi connectivity index (χ0n) is 28.8. The molecule has 0 bridgehead atoms. The summed E-state index contributed by atoms with van der Waals surface area (Å²) in [6.45, 7) is 0.173. The van der Waals surface area contributed by atoms with Gasteiger partial charge in [-0.1, -0.05) is 66.1 Å². The largest absolute Gasteiger partial charge is 0.508 e. The second-order valence-electron chi connectivity index (χ2n) is 13.9. The van der Waals surface area contributed by atoms with E-state index in [9.17, 15) is 24.3 Å². The molecule has 3 aromatic rings. The molecule has 4 amide bonds. The van der Waals surface area contributed by atoms with Crippen molar-refractivity contribution in [1.82, 2.24) is 4.90 Å². The highest BCUT2D eigenvalue weighted by atomic mass is 35.5. The molecular weight excluding hydrogens is 688 g/mol. The maximum atomic E-state index is 15.5. The number of anilines is 1. The van der Waals surface area contributed by atoms with Gasteiger partial charge in [0, 0.05) is 41.6 Å². The minimum Gasteiger partial charge on any atom is -0.508 e. The quantitative estimate of drug-likeness (QED) is 0.141. The van der Waals surface area contributed by atoms with Crippen molar-refractivity contribution < 1.29 is 43.7 Å². The van der Waals surface area contributed by atoms with E-state index in [1.165, 1.54) is 36.2 Å². The summed E-state index contributed by atoms with van der Waals surface area (Å²) in [5.74, 6) is -6.02. The van der Waals surface area contributed by atoms with Gasteiger partial charge in [-0.3, -0.25) is 28.9 Å². The fourth-order valence-electron chi connectivity index (χ4n) is 9.28. The van der Waals surface area contributed by atoms with Crippen LogP contribution in [0.3, 0.4) is 0 Å². The summed E-state index contributed by atoms with van der Waals surface area (Å²) < 4.78 is 11.8. The van der Waals surface area contributed by atoms with Crippen LogP contribution in [0.4, 0.5) is 5.69 Å². The first-order valence-electron chi connectivity index (χ1n) is 17.5. The number of benzene rings is 3. The second-order valence-corrected chi connectivity index (χ2v) is 14.3. The molecule has 3 fully saturated rings. The number of halogens is 1. The molecule has 1 saturated carbocycles.